The Morgan fingerprint density at radius 1 is 0.970 bits per heavy atom. The van der Waals surface area contributed by atoms with Gasteiger partial charge >= 0.3 is 6.18 Å². The van der Waals surface area contributed by atoms with Gasteiger partial charge in [0.15, 0.2) is 5.65 Å². The number of nitrogens with zero attached hydrogens (tertiary/aromatic N) is 4. The Balaban J connectivity index is 1.74. The SMILES string of the molecule is Cc1nc2c(-c3ccccc3)c(C(F)(F)F)[nH]n2c(=O)c1-c1nnc(-c2ccccc2N)o1. The van der Waals surface area contributed by atoms with Crippen LogP contribution in [0.5, 0.6) is 0 Å². The predicted molar refractivity (Wildman–Crippen MR) is 114 cm³/mol. The van der Waals surface area contributed by atoms with E-state index < -0.39 is 17.4 Å². The Morgan fingerprint density at radius 3 is 2.33 bits per heavy atom. The molecule has 5 aromatic rings. The molecule has 11 heteroatoms. The fourth-order valence-electron chi connectivity index (χ4n) is 3.63. The number of nitrogens with two attached hydrogens (primary N) is 1. The van der Waals surface area contributed by atoms with Gasteiger partial charge < -0.3 is 10.2 Å². The van der Waals surface area contributed by atoms with Gasteiger partial charge in [-0.1, -0.05) is 42.5 Å². The standard InChI is InChI=1S/C22H15F3N6O2/c1-11-15(20-29-28-19(33-20)13-9-5-6-10-14(13)26)21(32)31-18(27-11)16(12-7-3-2-4-8-12)17(30-31)22(23,24)25/h2-10,30H,26H2,1H3. The molecule has 166 valence electrons. The Morgan fingerprint density at radius 2 is 1.64 bits per heavy atom. The summed E-state index contributed by atoms with van der Waals surface area (Å²) in [6.07, 6.45) is -4.75. The lowest BCUT2D eigenvalue weighted by atomic mass is 10.1. The van der Waals surface area contributed by atoms with Crippen molar-refractivity contribution in [1.82, 2.24) is 24.8 Å². The molecule has 3 heterocycles. The first-order valence-corrected chi connectivity index (χ1v) is 9.72. The van der Waals surface area contributed by atoms with Crippen LogP contribution in [0.15, 0.2) is 63.8 Å². The maximum atomic E-state index is 13.8. The van der Waals surface area contributed by atoms with Crippen molar-refractivity contribution in [2.45, 2.75) is 13.1 Å². The molecule has 33 heavy (non-hydrogen) atoms. The Kier molecular flexibility index (Phi) is 4.55. The number of fused-ring (bicyclic) bond motifs is 1. The molecule has 0 aliphatic rings. The molecule has 0 aliphatic carbocycles. The van der Waals surface area contributed by atoms with Crippen molar-refractivity contribution in [3.05, 3.63) is 76.3 Å². The molecular formula is C22H15F3N6O2. The molecule has 0 unspecified atom stereocenters. The maximum Gasteiger partial charge on any atom is 0.433 e. The number of halogens is 3. The summed E-state index contributed by atoms with van der Waals surface area (Å²) in [7, 11) is 0. The molecule has 0 fully saturated rings. The molecule has 0 saturated heterocycles. The second kappa shape index (κ2) is 7.33. The predicted octanol–water partition coefficient (Wildman–Crippen LogP) is 4.32. The molecule has 0 spiro atoms. The van der Waals surface area contributed by atoms with Crippen LogP contribution in [0.1, 0.15) is 11.4 Å². The van der Waals surface area contributed by atoms with Gasteiger partial charge in [0.25, 0.3) is 11.4 Å². The van der Waals surface area contributed by atoms with Crippen molar-refractivity contribution in [3.63, 3.8) is 0 Å². The fourth-order valence-corrected chi connectivity index (χ4v) is 3.63. The van der Waals surface area contributed by atoms with Crippen molar-refractivity contribution >= 4 is 11.3 Å². The minimum atomic E-state index is -4.75. The number of H-pyrrole nitrogens is 1. The van der Waals surface area contributed by atoms with E-state index in [2.05, 4.69) is 20.3 Å². The number of aryl methyl sites for hydroxylation is 1. The van der Waals surface area contributed by atoms with Gasteiger partial charge in [-0.25, -0.2) is 4.98 Å². The highest BCUT2D eigenvalue weighted by Crippen LogP contribution is 2.38. The summed E-state index contributed by atoms with van der Waals surface area (Å²) in [4.78, 5) is 17.6. The van der Waals surface area contributed by atoms with E-state index in [0.29, 0.717) is 11.3 Å². The van der Waals surface area contributed by atoms with Gasteiger partial charge in [0.1, 0.15) is 11.3 Å². The third kappa shape index (κ3) is 3.34. The van der Waals surface area contributed by atoms with Gasteiger partial charge in [-0.15, -0.1) is 10.2 Å². The van der Waals surface area contributed by atoms with Crippen molar-refractivity contribution in [1.29, 1.82) is 0 Å². The number of rotatable bonds is 3. The molecule has 5 rings (SSSR count). The van der Waals surface area contributed by atoms with Gasteiger partial charge in [-0.3, -0.25) is 9.89 Å². The molecule has 2 aromatic carbocycles. The van der Waals surface area contributed by atoms with Gasteiger partial charge in [-0.2, -0.15) is 17.7 Å². The quantitative estimate of drug-likeness (QED) is 0.394. The third-order valence-electron chi connectivity index (χ3n) is 5.14. The molecule has 0 amide bonds. The Bertz CT molecular complexity index is 1550. The minimum absolute atomic E-state index is 0.0689. The Labute approximate surface area is 183 Å². The van der Waals surface area contributed by atoms with Crippen LogP contribution in [0.3, 0.4) is 0 Å². The average molecular weight is 452 g/mol. The summed E-state index contributed by atoms with van der Waals surface area (Å²) in [6.45, 7) is 1.49. The second-order valence-electron chi connectivity index (χ2n) is 7.26. The van der Waals surface area contributed by atoms with E-state index in [-0.39, 0.29) is 39.8 Å². The fraction of sp³-hybridized carbons (Fsp3) is 0.0909. The highest BCUT2D eigenvalue weighted by molar-refractivity contribution is 5.81. The first-order valence-electron chi connectivity index (χ1n) is 9.72. The molecular weight excluding hydrogens is 437 g/mol. The van der Waals surface area contributed by atoms with Gasteiger partial charge in [0, 0.05) is 5.69 Å². The minimum Gasteiger partial charge on any atom is -0.416 e. The van der Waals surface area contributed by atoms with E-state index in [9.17, 15) is 18.0 Å². The lowest BCUT2D eigenvalue weighted by molar-refractivity contribution is -0.140. The number of anilines is 1. The highest BCUT2D eigenvalue weighted by atomic mass is 19.4. The van der Waals surface area contributed by atoms with Crippen LogP contribution in [0.4, 0.5) is 18.9 Å². The van der Waals surface area contributed by atoms with Crippen LogP contribution in [0, 0.1) is 6.92 Å². The first kappa shape index (κ1) is 20.5. The monoisotopic (exact) mass is 452 g/mol. The zero-order valence-electron chi connectivity index (χ0n) is 17.0. The van der Waals surface area contributed by atoms with Crippen molar-refractivity contribution in [3.8, 4) is 34.0 Å². The number of nitrogen functional groups attached to an aromatic ring is 1. The average Bonchev–Trinajstić information content (AvgIpc) is 3.40. The van der Waals surface area contributed by atoms with Gasteiger partial charge in [0.2, 0.25) is 5.89 Å². The molecule has 0 bridgehead atoms. The van der Waals surface area contributed by atoms with Crippen LogP contribution >= 0.6 is 0 Å². The van der Waals surface area contributed by atoms with Crippen LogP contribution in [0.2, 0.25) is 0 Å². The second-order valence-corrected chi connectivity index (χ2v) is 7.26. The number of hydrogen-bond donors (Lipinski definition) is 2. The van der Waals surface area contributed by atoms with E-state index in [0.717, 1.165) is 4.52 Å². The van der Waals surface area contributed by atoms with E-state index >= 15 is 0 Å². The molecule has 0 atom stereocenters. The maximum absolute atomic E-state index is 13.8. The molecule has 3 N–H and O–H groups in total. The van der Waals surface area contributed by atoms with Crippen LogP contribution in [-0.2, 0) is 6.18 Å². The number of nitrogens with one attached hydrogen (secondary N) is 1. The summed E-state index contributed by atoms with van der Waals surface area (Å²) >= 11 is 0. The summed E-state index contributed by atoms with van der Waals surface area (Å²) in [5, 5.41) is 10.0. The van der Waals surface area contributed by atoms with Crippen molar-refractivity contribution in [2.75, 3.05) is 5.73 Å². The summed E-state index contributed by atoms with van der Waals surface area (Å²) in [5.41, 5.74) is 4.81. The number of para-hydroxylation sites is 1. The zero-order chi connectivity index (χ0) is 23.3. The van der Waals surface area contributed by atoms with Gasteiger partial charge in [-0.05, 0) is 24.6 Å². The van der Waals surface area contributed by atoms with E-state index in [1.54, 1.807) is 42.5 Å². The van der Waals surface area contributed by atoms with E-state index in [4.69, 9.17) is 10.2 Å². The topological polar surface area (TPSA) is 115 Å². The number of aromatic nitrogens is 5. The Hall–Kier alpha value is -4.41. The zero-order valence-corrected chi connectivity index (χ0v) is 17.0. The molecule has 0 saturated carbocycles. The highest BCUT2D eigenvalue weighted by Gasteiger charge is 2.38. The van der Waals surface area contributed by atoms with Crippen molar-refractivity contribution < 1.29 is 17.6 Å². The largest absolute Gasteiger partial charge is 0.433 e. The van der Waals surface area contributed by atoms with E-state index in [1.165, 1.54) is 19.1 Å². The molecule has 8 nitrogen and oxygen atoms in total. The number of aromatic amines is 1. The smallest absolute Gasteiger partial charge is 0.416 e. The normalized spacial score (nSPS) is 11.9. The van der Waals surface area contributed by atoms with Crippen molar-refractivity contribution in [2.24, 2.45) is 0 Å². The number of benzene rings is 2. The summed E-state index contributed by atoms with van der Waals surface area (Å²) in [5.74, 6) is -0.110. The summed E-state index contributed by atoms with van der Waals surface area (Å²) in [6, 6.07) is 14.7. The summed E-state index contributed by atoms with van der Waals surface area (Å²) < 4.78 is 47.9. The lowest BCUT2D eigenvalue weighted by Crippen LogP contribution is -2.20. The van der Waals surface area contributed by atoms with Crippen LogP contribution in [-0.4, -0.2) is 24.8 Å². The first-order chi connectivity index (χ1) is 15.8. The van der Waals surface area contributed by atoms with Gasteiger partial charge in [0.05, 0.1) is 16.8 Å². The molecule has 0 aliphatic heterocycles. The molecule has 3 aromatic heterocycles. The lowest BCUT2D eigenvalue weighted by Gasteiger charge is -2.07. The number of hydrogen-bond acceptors (Lipinski definition) is 6. The number of alkyl halides is 3. The van der Waals surface area contributed by atoms with Crippen LogP contribution in [0.25, 0.3) is 39.7 Å². The van der Waals surface area contributed by atoms with Crippen LogP contribution < -0.4 is 11.3 Å². The van der Waals surface area contributed by atoms with E-state index in [1.807, 2.05) is 0 Å². The third-order valence-corrected chi connectivity index (χ3v) is 5.14. The molecule has 0 radical (unpaired) electrons.